The third-order valence-corrected chi connectivity index (χ3v) is 2.54. The lowest BCUT2D eigenvalue weighted by Crippen LogP contribution is -1.90. The summed E-state index contributed by atoms with van der Waals surface area (Å²) < 4.78 is 24.1. The highest BCUT2D eigenvalue weighted by Crippen LogP contribution is 2.27. The molecular weight excluding hydrogens is 202 g/mol. The third kappa shape index (κ3) is 3.04. The van der Waals surface area contributed by atoms with Crippen molar-refractivity contribution in [2.45, 2.75) is 23.5 Å². The number of halogens is 2. The van der Waals surface area contributed by atoms with Crippen molar-refractivity contribution in [3.8, 4) is 12.3 Å². The number of hydrogen-bond donors (Lipinski definition) is 0. The lowest BCUT2D eigenvalue weighted by Gasteiger charge is -2.06. The fourth-order valence-corrected chi connectivity index (χ4v) is 1.62. The summed E-state index contributed by atoms with van der Waals surface area (Å²) in [4.78, 5) is 0.555. The lowest BCUT2D eigenvalue weighted by molar-refractivity contribution is 0.252. The summed E-state index contributed by atoms with van der Waals surface area (Å²) in [5.41, 5.74) is 0.901. The second kappa shape index (κ2) is 5.02. The smallest absolute Gasteiger partial charge is 0.198 e. The Labute approximate surface area is 86.7 Å². The van der Waals surface area contributed by atoms with Gasteiger partial charge in [0, 0.05) is 10.8 Å². The normalized spacial score (nSPS) is 12.5. The van der Waals surface area contributed by atoms with E-state index in [9.17, 15) is 8.78 Å². The molecule has 0 aliphatic rings. The van der Waals surface area contributed by atoms with Crippen molar-refractivity contribution >= 4 is 11.8 Å². The van der Waals surface area contributed by atoms with Crippen LogP contribution in [-0.4, -0.2) is 5.76 Å². The van der Waals surface area contributed by atoms with Gasteiger partial charge in [-0.05, 0) is 24.6 Å². The Kier molecular flexibility index (Phi) is 3.97. The van der Waals surface area contributed by atoms with Gasteiger partial charge in [-0.15, -0.1) is 6.42 Å². The quantitative estimate of drug-likeness (QED) is 0.543. The average Bonchev–Trinajstić information content (AvgIpc) is 2.16. The van der Waals surface area contributed by atoms with E-state index in [-0.39, 0.29) is 5.92 Å². The maximum atomic E-state index is 12.1. The van der Waals surface area contributed by atoms with Gasteiger partial charge < -0.3 is 0 Å². The van der Waals surface area contributed by atoms with Crippen molar-refractivity contribution in [1.82, 2.24) is 0 Å². The van der Waals surface area contributed by atoms with E-state index in [2.05, 4.69) is 5.92 Å². The van der Waals surface area contributed by atoms with Crippen molar-refractivity contribution in [1.29, 1.82) is 0 Å². The average molecular weight is 212 g/mol. The molecule has 0 saturated carbocycles. The van der Waals surface area contributed by atoms with Crippen LogP contribution in [0.2, 0.25) is 0 Å². The maximum Gasteiger partial charge on any atom is 0.288 e. The molecule has 1 rings (SSSR count). The first-order valence-electron chi connectivity index (χ1n) is 4.14. The SMILES string of the molecule is C#CC(C)c1cccc(SC(F)F)c1. The summed E-state index contributed by atoms with van der Waals surface area (Å²) in [6.45, 7) is 1.87. The first kappa shape index (κ1) is 11.1. The zero-order valence-electron chi connectivity index (χ0n) is 7.71. The Hall–Kier alpha value is -1.01. The molecule has 0 spiro atoms. The summed E-state index contributed by atoms with van der Waals surface area (Å²) in [6.07, 6.45) is 5.25. The van der Waals surface area contributed by atoms with Crippen LogP contribution in [0.15, 0.2) is 29.2 Å². The van der Waals surface area contributed by atoms with E-state index >= 15 is 0 Å². The first-order valence-corrected chi connectivity index (χ1v) is 5.02. The molecule has 1 aromatic carbocycles. The first-order chi connectivity index (χ1) is 6.63. The molecule has 0 nitrogen and oxygen atoms in total. The van der Waals surface area contributed by atoms with Crippen LogP contribution in [-0.2, 0) is 0 Å². The number of rotatable bonds is 3. The Morgan fingerprint density at radius 3 is 2.71 bits per heavy atom. The number of benzene rings is 1. The highest BCUT2D eigenvalue weighted by molar-refractivity contribution is 7.99. The molecule has 1 aromatic rings. The van der Waals surface area contributed by atoms with Gasteiger partial charge in [-0.2, -0.15) is 8.78 Å². The number of terminal acetylenes is 1. The third-order valence-electron chi connectivity index (χ3n) is 1.83. The second-order valence-corrected chi connectivity index (χ2v) is 3.90. The van der Waals surface area contributed by atoms with E-state index in [1.807, 2.05) is 13.0 Å². The lowest BCUT2D eigenvalue weighted by atomic mass is 10.0. The van der Waals surface area contributed by atoms with Gasteiger partial charge in [0.25, 0.3) is 5.76 Å². The largest absolute Gasteiger partial charge is 0.288 e. The number of thioether (sulfide) groups is 1. The van der Waals surface area contributed by atoms with E-state index < -0.39 is 5.76 Å². The minimum atomic E-state index is -2.38. The molecular formula is C11H10F2S. The molecule has 74 valence electrons. The molecule has 0 N–H and O–H groups in total. The molecule has 0 saturated heterocycles. The molecule has 0 aliphatic heterocycles. The molecule has 3 heteroatoms. The predicted molar refractivity (Wildman–Crippen MR) is 55.6 cm³/mol. The van der Waals surface area contributed by atoms with Crippen LogP contribution in [0.5, 0.6) is 0 Å². The van der Waals surface area contributed by atoms with Crippen molar-refractivity contribution in [3.63, 3.8) is 0 Å². The highest BCUT2D eigenvalue weighted by Gasteiger charge is 2.07. The molecule has 0 radical (unpaired) electrons. The van der Waals surface area contributed by atoms with Gasteiger partial charge >= 0.3 is 0 Å². The molecule has 0 aromatic heterocycles. The van der Waals surface area contributed by atoms with Crippen molar-refractivity contribution in [2.24, 2.45) is 0 Å². The molecule has 14 heavy (non-hydrogen) atoms. The Balaban J connectivity index is 2.85. The predicted octanol–water partition coefficient (Wildman–Crippen LogP) is 3.74. The second-order valence-electron chi connectivity index (χ2n) is 2.84. The van der Waals surface area contributed by atoms with Gasteiger partial charge in [0.15, 0.2) is 0 Å². The van der Waals surface area contributed by atoms with Crippen LogP contribution in [0.3, 0.4) is 0 Å². The van der Waals surface area contributed by atoms with Crippen LogP contribution >= 0.6 is 11.8 Å². The molecule has 1 unspecified atom stereocenters. The van der Waals surface area contributed by atoms with E-state index in [1.165, 1.54) is 0 Å². The van der Waals surface area contributed by atoms with Gasteiger partial charge in [0.1, 0.15) is 0 Å². The number of alkyl halides is 2. The molecule has 0 bridgehead atoms. The van der Waals surface area contributed by atoms with Gasteiger partial charge in [-0.1, -0.05) is 29.8 Å². The summed E-state index contributed by atoms with van der Waals surface area (Å²) >= 11 is 0.539. The topological polar surface area (TPSA) is 0 Å². The minimum absolute atomic E-state index is 0.0341. The molecule has 0 aliphatic carbocycles. The highest BCUT2D eigenvalue weighted by atomic mass is 32.2. The Bertz CT molecular complexity index is 341. The zero-order valence-corrected chi connectivity index (χ0v) is 8.52. The standard InChI is InChI=1S/C11H10F2S/c1-3-8(2)9-5-4-6-10(7-9)14-11(12)13/h1,4-8,11H,2H3. The van der Waals surface area contributed by atoms with E-state index in [1.54, 1.807) is 18.2 Å². The van der Waals surface area contributed by atoms with Crippen molar-refractivity contribution < 1.29 is 8.78 Å². The van der Waals surface area contributed by atoms with Gasteiger partial charge in [0.2, 0.25) is 0 Å². The van der Waals surface area contributed by atoms with Crippen LogP contribution in [0.1, 0.15) is 18.4 Å². The summed E-state index contributed by atoms with van der Waals surface area (Å²) in [6, 6.07) is 6.96. The maximum absolute atomic E-state index is 12.1. The molecule has 0 fully saturated rings. The van der Waals surface area contributed by atoms with Crippen molar-refractivity contribution in [2.75, 3.05) is 0 Å². The monoisotopic (exact) mass is 212 g/mol. The van der Waals surface area contributed by atoms with Gasteiger partial charge in [0.05, 0.1) is 0 Å². The van der Waals surface area contributed by atoms with E-state index in [4.69, 9.17) is 6.42 Å². The zero-order chi connectivity index (χ0) is 10.6. The number of hydrogen-bond acceptors (Lipinski definition) is 1. The van der Waals surface area contributed by atoms with Gasteiger partial charge in [-0.25, -0.2) is 0 Å². The molecule has 0 amide bonds. The van der Waals surface area contributed by atoms with E-state index in [0.717, 1.165) is 5.56 Å². The summed E-state index contributed by atoms with van der Waals surface area (Å²) in [5.74, 6) is 0.148. The van der Waals surface area contributed by atoms with E-state index in [0.29, 0.717) is 16.7 Å². The van der Waals surface area contributed by atoms with Crippen molar-refractivity contribution in [3.05, 3.63) is 29.8 Å². The van der Waals surface area contributed by atoms with Crippen LogP contribution in [0.4, 0.5) is 8.78 Å². The van der Waals surface area contributed by atoms with Crippen LogP contribution < -0.4 is 0 Å². The Morgan fingerprint density at radius 1 is 1.43 bits per heavy atom. The summed E-state index contributed by atoms with van der Waals surface area (Å²) in [5, 5.41) is 0. The van der Waals surface area contributed by atoms with Gasteiger partial charge in [-0.3, -0.25) is 0 Å². The fourth-order valence-electron chi connectivity index (χ4n) is 1.06. The molecule has 1 atom stereocenters. The van der Waals surface area contributed by atoms with Crippen LogP contribution in [0.25, 0.3) is 0 Å². The minimum Gasteiger partial charge on any atom is -0.198 e. The van der Waals surface area contributed by atoms with Crippen LogP contribution in [0, 0.1) is 12.3 Å². The Morgan fingerprint density at radius 2 is 2.14 bits per heavy atom. The summed E-state index contributed by atoms with van der Waals surface area (Å²) in [7, 11) is 0. The molecule has 0 heterocycles. The fraction of sp³-hybridized carbons (Fsp3) is 0.273.